The van der Waals surface area contributed by atoms with E-state index in [9.17, 15) is 19.5 Å². The van der Waals surface area contributed by atoms with Crippen molar-refractivity contribution in [3.8, 4) is 0 Å². The van der Waals surface area contributed by atoms with Crippen molar-refractivity contribution in [3.05, 3.63) is 59.2 Å². The summed E-state index contributed by atoms with van der Waals surface area (Å²) in [5.41, 5.74) is 2.87. The first-order chi connectivity index (χ1) is 15.9. The standard InChI is InChI=1S/C25H30N4O4/c1-18-5-4-6-19(15-18)24(31)26-21-16-20(25(32)33)7-8-22(21)28-13-11-27(12-14-28)17-23(30)29-9-2-3-10-29/h4-8,15-16H,2-3,9-14,17H2,1H3,(H,26,31)(H,32,33). The number of carboxylic acids is 1. The molecule has 2 fully saturated rings. The summed E-state index contributed by atoms with van der Waals surface area (Å²) in [6, 6.07) is 12.1. The molecule has 33 heavy (non-hydrogen) atoms. The van der Waals surface area contributed by atoms with Gasteiger partial charge >= 0.3 is 5.97 Å². The van der Waals surface area contributed by atoms with Gasteiger partial charge in [0, 0.05) is 44.8 Å². The lowest BCUT2D eigenvalue weighted by Crippen LogP contribution is -2.50. The molecule has 2 aliphatic rings. The number of hydrogen-bond acceptors (Lipinski definition) is 5. The van der Waals surface area contributed by atoms with Gasteiger partial charge in [-0.1, -0.05) is 17.7 Å². The van der Waals surface area contributed by atoms with Crippen LogP contribution in [0.2, 0.25) is 0 Å². The van der Waals surface area contributed by atoms with Gasteiger partial charge in [0.05, 0.1) is 23.5 Å². The molecule has 0 saturated carbocycles. The molecule has 2 aliphatic heterocycles. The van der Waals surface area contributed by atoms with Crippen molar-refractivity contribution in [1.82, 2.24) is 9.80 Å². The first-order valence-corrected chi connectivity index (χ1v) is 11.4. The molecule has 2 amide bonds. The first-order valence-electron chi connectivity index (χ1n) is 11.4. The molecule has 2 aromatic rings. The van der Waals surface area contributed by atoms with Crippen LogP contribution in [-0.4, -0.2) is 78.5 Å². The number of nitrogens with zero attached hydrogens (tertiary/aromatic N) is 3. The Hall–Kier alpha value is -3.39. The summed E-state index contributed by atoms with van der Waals surface area (Å²) in [5.74, 6) is -1.13. The number of aromatic carboxylic acids is 1. The van der Waals surface area contributed by atoms with Crippen LogP contribution in [0.25, 0.3) is 0 Å². The Bertz CT molecular complexity index is 1040. The van der Waals surface area contributed by atoms with Crippen LogP contribution >= 0.6 is 0 Å². The average Bonchev–Trinajstić information content (AvgIpc) is 3.35. The summed E-state index contributed by atoms with van der Waals surface area (Å²) in [5, 5.41) is 12.3. The van der Waals surface area contributed by atoms with E-state index in [1.807, 2.05) is 24.0 Å². The van der Waals surface area contributed by atoms with Gasteiger partial charge in [0.25, 0.3) is 5.91 Å². The van der Waals surface area contributed by atoms with Crippen molar-refractivity contribution < 1.29 is 19.5 Å². The predicted octanol–water partition coefficient (Wildman–Crippen LogP) is 2.69. The molecule has 0 aliphatic carbocycles. The van der Waals surface area contributed by atoms with Crippen LogP contribution in [0.4, 0.5) is 11.4 Å². The van der Waals surface area contributed by atoms with E-state index in [1.165, 1.54) is 6.07 Å². The van der Waals surface area contributed by atoms with Gasteiger partial charge in [0.15, 0.2) is 0 Å². The molecule has 0 atom stereocenters. The van der Waals surface area contributed by atoms with Crippen LogP contribution in [0.15, 0.2) is 42.5 Å². The number of hydrogen-bond donors (Lipinski definition) is 2. The van der Waals surface area contributed by atoms with Crippen molar-refractivity contribution >= 4 is 29.2 Å². The molecule has 2 N–H and O–H groups in total. The number of aryl methyl sites for hydroxylation is 1. The van der Waals surface area contributed by atoms with Gasteiger partial charge in [-0.2, -0.15) is 0 Å². The second kappa shape index (κ2) is 10.0. The Labute approximate surface area is 193 Å². The minimum absolute atomic E-state index is 0.119. The minimum atomic E-state index is -1.04. The SMILES string of the molecule is Cc1cccc(C(=O)Nc2cc(C(=O)O)ccc2N2CCN(CC(=O)N3CCCC3)CC2)c1. The fourth-order valence-electron chi connectivity index (χ4n) is 4.43. The Morgan fingerprint density at radius 1 is 0.909 bits per heavy atom. The predicted molar refractivity (Wildman–Crippen MR) is 127 cm³/mol. The van der Waals surface area contributed by atoms with Gasteiger partial charge in [0.1, 0.15) is 0 Å². The monoisotopic (exact) mass is 450 g/mol. The van der Waals surface area contributed by atoms with Crippen LogP contribution in [0, 0.1) is 6.92 Å². The maximum Gasteiger partial charge on any atom is 0.335 e. The maximum atomic E-state index is 12.9. The highest BCUT2D eigenvalue weighted by molar-refractivity contribution is 6.06. The summed E-state index contributed by atoms with van der Waals surface area (Å²) in [6.07, 6.45) is 2.17. The van der Waals surface area contributed by atoms with Crippen molar-refractivity contribution in [2.75, 3.05) is 56.0 Å². The molecule has 2 heterocycles. The molecule has 0 aromatic heterocycles. The zero-order chi connectivity index (χ0) is 23.4. The van der Waals surface area contributed by atoms with Crippen LogP contribution in [0.5, 0.6) is 0 Å². The second-order valence-corrected chi connectivity index (χ2v) is 8.71. The number of carboxylic acid groups (broad SMARTS) is 1. The summed E-state index contributed by atoms with van der Waals surface area (Å²) in [6.45, 7) is 6.90. The molecule has 0 bridgehead atoms. The lowest BCUT2D eigenvalue weighted by molar-refractivity contribution is -0.131. The van der Waals surface area contributed by atoms with E-state index in [0.29, 0.717) is 30.9 Å². The number of piperazine rings is 1. The Morgan fingerprint density at radius 2 is 1.64 bits per heavy atom. The van der Waals surface area contributed by atoms with E-state index < -0.39 is 5.97 Å². The zero-order valence-corrected chi connectivity index (χ0v) is 18.9. The molecule has 2 aromatic carbocycles. The molecule has 2 saturated heterocycles. The van der Waals surface area contributed by atoms with Crippen molar-refractivity contribution in [3.63, 3.8) is 0 Å². The molecular formula is C25H30N4O4. The molecule has 8 nitrogen and oxygen atoms in total. The number of anilines is 2. The highest BCUT2D eigenvalue weighted by atomic mass is 16.4. The maximum absolute atomic E-state index is 12.9. The Kier molecular flexibility index (Phi) is 6.93. The van der Waals surface area contributed by atoms with Gasteiger partial charge in [-0.25, -0.2) is 4.79 Å². The third-order valence-corrected chi connectivity index (χ3v) is 6.30. The van der Waals surface area contributed by atoms with Gasteiger partial charge in [-0.05, 0) is 50.1 Å². The third-order valence-electron chi connectivity index (χ3n) is 6.30. The topological polar surface area (TPSA) is 93.2 Å². The molecule has 4 rings (SSSR count). The molecule has 174 valence electrons. The van der Waals surface area contributed by atoms with Gasteiger partial charge < -0.3 is 20.2 Å². The second-order valence-electron chi connectivity index (χ2n) is 8.71. The number of rotatable bonds is 6. The number of amides is 2. The Balaban J connectivity index is 1.46. The van der Waals surface area contributed by atoms with E-state index in [0.717, 1.165) is 50.3 Å². The number of nitrogens with one attached hydrogen (secondary N) is 1. The first kappa shape index (κ1) is 22.8. The highest BCUT2D eigenvalue weighted by Crippen LogP contribution is 2.29. The van der Waals surface area contributed by atoms with Crippen LogP contribution in [0.3, 0.4) is 0 Å². The molecule has 8 heteroatoms. The fraction of sp³-hybridized carbons (Fsp3) is 0.400. The van der Waals surface area contributed by atoms with Crippen LogP contribution < -0.4 is 10.2 Å². The van der Waals surface area contributed by atoms with Crippen molar-refractivity contribution in [2.24, 2.45) is 0 Å². The third kappa shape index (κ3) is 5.51. The summed E-state index contributed by atoms with van der Waals surface area (Å²) in [7, 11) is 0. The fourth-order valence-corrected chi connectivity index (χ4v) is 4.43. The number of likely N-dealkylation sites (tertiary alicyclic amines) is 1. The summed E-state index contributed by atoms with van der Waals surface area (Å²) >= 11 is 0. The quantitative estimate of drug-likeness (QED) is 0.703. The largest absolute Gasteiger partial charge is 0.478 e. The number of benzene rings is 2. The summed E-state index contributed by atoms with van der Waals surface area (Å²) in [4.78, 5) is 43.1. The van der Waals surface area contributed by atoms with Crippen molar-refractivity contribution in [2.45, 2.75) is 19.8 Å². The normalized spacial score (nSPS) is 16.6. The lowest BCUT2D eigenvalue weighted by atomic mass is 10.1. The molecule has 0 unspecified atom stereocenters. The molecule has 0 spiro atoms. The van der Waals surface area contributed by atoms with Crippen LogP contribution in [-0.2, 0) is 4.79 Å². The lowest BCUT2D eigenvalue weighted by Gasteiger charge is -2.37. The minimum Gasteiger partial charge on any atom is -0.478 e. The summed E-state index contributed by atoms with van der Waals surface area (Å²) < 4.78 is 0. The van der Waals surface area contributed by atoms with Gasteiger partial charge in [-0.15, -0.1) is 0 Å². The highest BCUT2D eigenvalue weighted by Gasteiger charge is 2.25. The van der Waals surface area contributed by atoms with E-state index in [4.69, 9.17) is 0 Å². The number of carbonyl (C=O) groups excluding carboxylic acids is 2. The van der Waals surface area contributed by atoms with E-state index >= 15 is 0 Å². The Morgan fingerprint density at radius 3 is 2.30 bits per heavy atom. The average molecular weight is 451 g/mol. The van der Waals surface area contributed by atoms with Crippen molar-refractivity contribution in [1.29, 1.82) is 0 Å². The molecule has 0 radical (unpaired) electrons. The number of carbonyl (C=O) groups is 3. The smallest absolute Gasteiger partial charge is 0.335 e. The van der Waals surface area contributed by atoms with Gasteiger partial charge in [-0.3, -0.25) is 14.5 Å². The van der Waals surface area contributed by atoms with E-state index in [1.54, 1.807) is 24.3 Å². The van der Waals surface area contributed by atoms with E-state index in [-0.39, 0.29) is 17.4 Å². The molecular weight excluding hydrogens is 420 g/mol. The van der Waals surface area contributed by atoms with Crippen LogP contribution in [0.1, 0.15) is 39.1 Å². The van der Waals surface area contributed by atoms with E-state index in [2.05, 4.69) is 15.1 Å². The zero-order valence-electron chi connectivity index (χ0n) is 18.9. The van der Waals surface area contributed by atoms with Gasteiger partial charge in [0.2, 0.25) is 5.91 Å².